The van der Waals surface area contributed by atoms with Gasteiger partial charge in [-0.15, -0.1) is 12.3 Å². The fraction of sp³-hybridized carbons (Fsp3) is 0.273. The highest BCUT2D eigenvalue weighted by Gasteiger charge is 2.17. The van der Waals surface area contributed by atoms with Gasteiger partial charge in [-0.2, -0.15) is 0 Å². The second-order valence-electron chi connectivity index (χ2n) is 6.57. The van der Waals surface area contributed by atoms with Crippen LogP contribution in [0.15, 0.2) is 36.5 Å². The highest BCUT2D eigenvalue weighted by Crippen LogP contribution is 2.27. The van der Waals surface area contributed by atoms with E-state index in [0.717, 1.165) is 33.8 Å². The van der Waals surface area contributed by atoms with Crippen molar-refractivity contribution in [3.8, 4) is 18.1 Å². The molecule has 6 heteroatoms. The number of nitrogens with one attached hydrogen (secondary N) is 1. The van der Waals surface area contributed by atoms with Gasteiger partial charge in [0.2, 0.25) is 0 Å². The summed E-state index contributed by atoms with van der Waals surface area (Å²) in [7, 11) is 3.35. The molecule has 3 aromatic rings. The van der Waals surface area contributed by atoms with Gasteiger partial charge in [-0.05, 0) is 37.6 Å². The molecule has 6 nitrogen and oxygen atoms in total. The SMILES string of the molecule is C#CCc1c(C)nc2c(OCc3c(C)cccc3N(C)C(=O)NC)cccn12. The Hall–Kier alpha value is -3.46. The first kappa shape index (κ1) is 19.3. The maximum Gasteiger partial charge on any atom is 0.321 e. The Morgan fingerprint density at radius 3 is 2.82 bits per heavy atom. The summed E-state index contributed by atoms with van der Waals surface area (Å²) in [5.41, 5.74) is 5.41. The van der Waals surface area contributed by atoms with Crippen molar-refractivity contribution in [2.45, 2.75) is 26.9 Å². The number of rotatable bonds is 5. The minimum Gasteiger partial charge on any atom is -0.485 e. The van der Waals surface area contributed by atoms with Gasteiger partial charge in [0.25, 0.3) is 0 Å². The van der Waals surface area contributed by atoms with Gasteiger partial charge >= 0.3 is 6.03 Å². The van der Waals surface area contributed by atoms with E-state index >= 15 is 0 Å². The monoisotopic (exact) mass is 376 g/mol. The maximum atomic E-state index is 12.1. The zero-order valence-corrected chi connectivity index (χ0v) is 16.6. The number of imidazole rings is 1. The number of urea groups is 1. The second kappa shape index (κ2) is 8.05. The molecule has 0 unspecified atom stereocenters. The third kappa shape index (κ3) is 3.52. The highest BCUT2D eigenvalue weighted by atomic mass is 16.5. The van der Waals surface area contributed by atoms with Gasteiger partial charge in [0.05, 0.1) is 23.5 Å². The van der Waals surface area contributed by atoms with Crippen molar-refractivity contribution >= 4 is 17.4 Å². The van der Waals surface area contributed by atoms with Gasteiger partial charge in [0.15, 0.2) is 11.4 Å². The van der Waals surface area contributed by atoms with Gasteiger partial charge in [0.1, 0.15) is 6.61 Å². The lowest BCUT2D eigenvalue weighted by molar-refractivity contribution is 0.249. The molecule has 0 spiro atoms. The number of terminal acetylenes is 1. The highest BCUT2D eigenvalue weighted by molar-refractivity contribution is 5.92. The van der Waals surface area contributed by atoms with Crippen LogP contribution in [0, 0.1) is 26.2 Å². The number of benzene rings is 1. The lowest BCUT2D eigenvalue weighted by Gasteiger charge is -2.22. The molecule has 0 saturated heterocycles. The average Bonchev–Trinajstić information content (AvgIpc) is 3.02. The van der Waals surface area contributed by atoms with Crippen LogP contribution in [-0.4, -0.2) is 29.5 Å². The molecule has 0 aliphatic carbocycles. The fourth-order valence-corrected chi connectivity index (χ4v) is 3.24. The molecule has 2 aromatic heterocycles. The summed E-state index contributed by atoms with van der Waals surface area (Å²) in [6.07, 6.45) is 7.94. The lowest BCUT2D eigenvalue weighted by atomic mass is 10.1. The summed E-state index contributed by atoms with van der Waals surface area (Å²) in [6.45, 7) is 4.27. The van der Waals surface area contributed by atoms with Crippen LogP contribution in [-0.2, 0) is 13.0 Å². The van der Waals surface area contributed by atoms with E-state index < -0.39 is 0 Å². The van der Waals surface area contributed by atoms with E-state index in [1.54, 1.807) is 19.0 Å². The van der Waals surface area contributed by atoms with E-state index in [1.165, 1.54) is 0 Å². The molecule has 3 rings (SSSR count). The van der Waals surface area contributed by atoms with Crippen molar-refractivity contribution < 1.29 is 9.53 Å². The molecule has 2 amide bonds. The number of nitrogens with zero attached hydrogens (tertiary/aromatic N) is 3. The van der Waals surface area contributed by atoms with E-state index in [4.69, 9.17) is 11.2 Å². The lowest BCUT2D eigenvalue weighted by Crippen LogP contribution is -2.35. The molecule has 0 aliphatic rings. The molecular formula is C22H24N4O2. The molecule has 1 N–H and O–H groups in total. The molecular weight excluding hydrogens is 352 g/mol. The van der Waals surface area contributed by atoms with Gasteiger partial charge in [-0.3, -0.25) is 9.30 Å². The maximum absolute atomic E-state index is 12.1. The predicted octanol–water partition coefficient (Wildman–Crippen LogP) is 3.48. The normalized spacial score (nSPS) is 10.5. The fourth-order valence-electron chi connectivity index (χ4n) is 3.24. The first-order chi connectivity index (χ1) is 13.5. The quantitative estimate of drug-likeness (QED) is 0.694. The largest absolute Gasteiger partial charge is 0.485 e. The second-order valence-corrected chi connectivity index (χ2v) is 6.57. The van der Waals surface area contributed by atoms with Crippen LogP contribution in [0.2, 0.25) is 0 Å². The first-order valence-corrected chi connectivity index (χ1v) is 9.04. The number of hydrogen-bond acceptors (Lipinski definition) is 3. The molecule has 0 aliphatic heterocycles. The van der Waals surface area contributed by atoms with E-state index in [2.05, 4.69) is 16.2 Å². The predicted molar refractivity (Wildman–Crippen MR) is 111 cm³/mol. The Morgan fingerprint density at radius 2 is 2.11 bits per heavy atom. The van der Waals surface area contributed by atoms with Crippen molar-refractivity contribution in [1.82, 2.24) is 14.7 Å². The number of carbonyl (C=O) groups excluding carboxylic acids is 1. The number of carbonyl (C=O) groups is 1. The third-order valence-corrected chi connectivity index (χ3v) is 4.82. The number of fused-ring (bicyclic) bond motifs is 1. The van der Waals surface area contributed by atoms with E-state index in [9.17, 15) is 4.79 Å². The zero-order valence-electron chi connectivity index (χ0n) is 16.6. The summed E-state index contributed by atoms with van der Waals surface area (Å²) in [4.78, 5) is 18.3. The topological polar surface area (TPSA) is 58.9 Å². The number of hydrogen-bond donors (Lipinski definition) is 1. The molecule has 0 fully saturated rings. The Labute approximate surface area is 165 Å². The van der Waals surface area contributed by atoms with Crippen molar-refractivity contribution in [2.75, 3.05) is 19.0 Å². The Kier molecular flexibility index (Phi) is 5.55. The number of anilines is 1. The summed E-state index contributed by atoms with van der Waals surface area (Å²) < 4.78 is 8.12. The van der Waals surface area contributed by atoms with E-state index in [0.29, 0.717) is 18.8 Å². The van der Waals surface area contributed by atoms with Gasteiger partial charge in [-0.25, -0.2) is 9.78 Å². The van der Waals surface area contributed by atoms with Gasteiger partial charge in [0, 0.05) is 25.9 Å². The molecule has 144 valence electrons. The van der Waals surface area contributed by atoms with E-state index in [1.807, 2.05) is 54.8 Å². The molecule has 0 bridgehead atoms. The van der Waals surface area contributed by atoms with Crippen LogP contribution < -0.4 is 15.0 Å². The minimum atomic E-state index is -0.184. The van der Waals surface area contributed by atoms with Crippen molar-refractivity contribution in [2.24, 2.45) is 0 Å². The third-order valence-electron chi connectivity index (χ3n) is 4.82. The zero-order chi connectivity index (χ0) is 20.3. The van der Waals surface area contributed by atoms with Crippen LogP contribution in [0.1, 0.15) is 22.5 Å². The summed E-state index contributed by atoms with van der Waals surface area (Å²) in [5, 5.41) is 2.65. The number of ether oxygens (including phenoxy) is 1. The van der Waals surface area contributed by atoms with Crippen molar-refractivity contribution in [3.63, 3.8) is 0 Å². The van der Waals surface area contributed by atoms with Crippen LogP contribution >= 0.6 is 0 Å². The molecule has 0 saturated carbocycles. The van der Waals surface area contributed by atoms with Gasteiger partial charge in [-0.1, -0.05) is 12.1 Å². The Bertz CT molecular complexity index is 1060. The Morgan fingerprint density at radius 1 is 1.32 bits per heavy atom. The summed E-state index contributed by atoms with van der Waals surface area (Å²) in [6, 6.07) is 9.47. The smallest absolute Gasteiger partial charge is 0.321 e. The summed E-state index contributed by atoms with van der Waals surface area (Å²) in [5.74, 6) is 3.35. The van der Waals surface area contributed by atoms with Crippen molar-refractivity contribution in [3.05, 3.63) is 59.0 Å². The molecule has 0 radical (unpaired) electrons. The van der Waals surface area contributed by atoms with Crippen LogP contribution in [0.3, 0.4) is 0 Å². The van der Waals surface area contributed by atoms with E-state index in [-0.39, 0.29) is 6.03 Å². The molecule has 1 aromatic carbocycles. The number of aryl methyl sites for hydroxylation is 2. The molecule has 28 heavy (non-hydrogen) atoms. The standard InChI is InChI=1S/C22H24N4O2/c1-6-9-18-16(3)24-21-20(12-8-13-26(18)21)28-14-17-15(2)10-7-11-19(17)25(5)22(27)23-4/h1,7-8,10-13H,9,14H2,2-5H3,(H,23,27). The van der Waals surface area contributed by atoms with Crippen LogP contribution in [0.5, 0.6) is 5.75 Å². The average molecular weight is 376 g/mol. The molecule has 0 atom stereocenters. The van der Waals surface area contributed by atoms with Crippen LogP contribution in [0.25, 0.3) is 5.65 Å². The van der Waals surface area contributed by atoms with Gasteiger partial charge < -0.3 is 10.1 Å². The minimum absolute atomic E-state index is 0.184. The first-order valence-electron chi connectivity index (χ1n) is 9.04. The van der Waals surface area contributed by atoms with Crippen LogP contribution in [0.4, 0.5) is 10.5 Å². The number of amides is 2. The molecule has 2 heterocycles. The summed E-state index contributed by atoms with van der Waals surface area (Å²) >= 11 is 0. The Balaban J connectivity index is 1.95. The number of pyridine rings is 1. The number of aromatic nitrogens is 2. The van der Waals surface area contributed by atoms with Crippen molar-refractivity contribution in [1.29, 1.82) is 0 Å².